The van der Waals surface area contributed by atoms with Crippen LogP contribution in [0.4, 0.5) is 11.5 Å². The van der Waals surface area contributed by atoms with Gasteiger partial charge in [-0.2, -0.15) is 9.97 Å². The zero-order chi connectivity index (χ0) is 27.7. The van der Waals surface area contributed by atoms with Gasteiger partial charge in [0.15, 0.2) is 5.82 Å². The number of aromatic nitrogens is 2. The largest absolute Gasteiger partial charge is 0.481 e. The predicted molar refractivity (Wildman–Crippen MR) is 140 cm³/mol. The number of benzene rings is 3. The standard InChI is InChI=1S/C26H21N5O7S/c1-37-22-13-20(28-26(29-22)38-2)30-39(35,36)17-11-9-16(10-12-17)27-21(32)14-31-24(33)18-7-3-5-15-6-4-8-19(23(15)18)25(31)34/h3-13H,14H2,1-2H3,(H,27,32)(H,28,29,30). The highest BCUT2D eigenvalue weighted by atomic mass is 32.2. The molecular weight excluding hydrogens is 526 g/mol. The molecule has 0 unspecified atom stereocenters. The average molecular weight is 548 g/mol. The number of nitrogens with zero attached hydrogens (tertiary/aromatic N) is 3. The molecule has 0 aliphatic carbocycles. The molecule has 39 heavy (non-hydrogen) atoms. The van der Waals surface area contributed by atoms with E-state index >= 15 is 0 Å². The number of anilines is 2. The lowest BCUT2D eigenvalue weighted by molar-refractivity contribution is -0.116. The Morgan fingerprint density at radius 3 is 2.13 bits per heavy atom. The molecule has 0 saturated carbocycles. The van der Waals surface area contributed by atoms with Crippen LogP contribution in [0.5, 0.6) is 11.9 Å². The van der Waals surface area contributed by atoms with E-state index in [0.29, 0.717) is 16.5 Å². The Kier molecular flexibility index (Phi) is 6.58. The summed E-state index contributed by atoms with van der Waals surface area (Å²) in [5, 5.41) is 3.91. The maximum absolute atomic E-state index is 13.0. The van der Waals surface area contributed by atoms with E-state index in [1.807, 2.05) is 12.1 Å². The van der Waals surface area contributed by atoms with Crippen LogP contribution in [-0.4, -0.2) is 61.8 Å². The zero-order valence-electron chi connectivity index (χ0n) is 20.7. The Hall–Kier alpha value is -5.04. The Balaban J connectivity index is 1.28. The number of nitrogens with one attached hydrogen (secondary N) is 2. The van der Waals surface area contributed by atoms with Gasteiger partial charge in [0.1, 0.15) is 6.54 Å². The number of methoxy groups -OCH3 is 2. The number of sulfonamides is 1. The molecule has 0 bridgehead atoms. The minimum Gasteiger partial charge on any atom is -0.481 e. The van der Waals surface area contributed by atoms with Crippen molar-refractivity contribution in [3.63, 3.8) is 0 Å². The highest BCUT2D eigenvalue weighted by Crippen LogP contribution is 2.30. The highest BCUT2D eigenvalue weighted by molar-refractivity contribution is 7.92. The van der Waals surface area contributed by atoms with Crippen molar-refractivity contribution in [2.24, 2.45) is 0 Å². The summed E-state index contributed by atoms with van der Waals surface area (Å²) in [6.45, 7) is -0.513. The van der Waals surface area contributed by atoms with Gasteiger partial charge in [-0.25, -0.2) is 8.42 Å². The van der Waals surface area contributed by atoms with E-state index in [4.69, 9.17) is 9.47 Å². The molecule has 2 N–H and O–H groups in total. The van der Waals surface area contributed by atoms with Crippen LogP contribution in [0.15, 0.2) is 71.6 Å². The predicted octanol–water partition coefficient (Wildman–Crippen LogP) is 2.68. The first kappa shape index (κ1) is 25.6. The molecular formula is C26H21N5O7S. The maximum atomic E-state index is 13.0. The monoisotopic (exact) mass is 547 g/mol. The van der Waals surface area contributed by atoms with Gasteiger partial charge in [-0.3, -0.25) is 24.0 Å². The van der Waals surface area contributed by atoms with Crippen molar-refractivity contribution in [3.05, 3.63) is 77.9 Å². The summed E-state index contributed by atoms with van der Waals surface area (Å²) in [7, 11) is -1.36. The SMILES string of the molecule is COc1cc(NS(=O)(=O)c2ccc(NC(=O)CN3C(=O)c4cccc5cccc(c45)C3=O)cc2)nc(OC)n1. The molecule has 2 heterocycles. The normalized spacial score (nSPS) is 12.8. The zero-order valence-corrected chi connectivity index (χ0v) is 21.5. The van der Waals surface area contributed by atoms with Crippen molar-refractivity contribution in [1.82, 2.24) is 14.9 Å². The van der Waals surface area contributed by atoms with Crippen molar-refractivity contribution in [2.45, 2.75) is 4.90 Å². The van der Waals surface area contributed by atoms with Crippen LogP contribution in [-0.2, 0) is 14.8 Å². The first-order valence-corrected chi connectivity index (χ1v) is 13.0. The topological polar surface area (TPSA) is 157 Å². The number of rotatable bonds is 8. The number of imide groups is 1. The molecule has 4 aromatic rings. The summed E-state index contributed by atoms with van der Waals surface area (Å²) < 4.78 is 37.9. The molecule has 3 amide bonds. The van der Waals surface area contributed by atoms with Crippen molar-refractivity contribution < 1.29 is 32.3 Å². The fraction of sp³-hybridized carbons (Fsp3) is 0.115. The third-order valence-electron chi connectivity index (χ3n) is 5.92. The molecule has 5 rings (SSSR count). The fourth-order valence-electron chi connectivity index (χ4n) is 4.13. The number of hydrogen-bond donors (Lipinski definition) is 2. The molecule has 1 aliphatic heterocycles. The van der Waals surface area contributed by atoms with Gasteiger partial charge in [0, 0.05) is 28.3 Å². The first-order chi connectivity index (χ1) is 18.7. The lowest BCUT2D eigenvalue weighted by atomic mass is 9.94. The van der Waals surface area contributed by atoms with Crippen LogP contribution in [0.3, 0.4) is 0 Å². The number of amides is 3. The number of ether oxygens (including phenoxy) is 2. The van der Waals surface area contributed by atoms with Gasteiger partial charge in [0.2, 0.25) is 11.8 Å². The Morgan fingerprint density at radius 2 is 1.54 bits per heavy atom. The third kappa shape index (κ3) is 4.94. The molecule has 0 radical (unpaired) electrons. The lowest BCUT2D eigenvalue weighted by Crippen LogP contribution is -2.44. The summed E-state index contributed by atoms with van der Waals surface area (Å²) in [6.07, 6.45) is 0. The quantitative estimate of drug-likeness (QED) is 0.317. The summed E-state index contributed by atoms with van der Waals surface area (Å²) >= 11 is 0. The van der Waals surface area contributed by atoms with E-state index in [9.17, 15) is 22.8 Å². The second-order valence-electron chi connectivity index (χ2n) is 8.37. The minimum absolute atomic E-state index is 0.0655. The highest BCUT2D eigenvalue weighted by Gasteiger charge is 2.33. The smallest absolute Gasteiger partial charge is 0.321 e. The number of hydrogen-bond acceptors (Lipinski definition) is 9. The molecule has 0 spiro atoms. The third-order valence-corrected chi connectivity index (χ3v) is 7.29. The maximum Gasteiger partial charge on any atom is 0.321 e. The molecule has 3 aromatic carbocycles. The first-order valence-electron chi connectivity index (χ1n) is 11.5. The fourth-order valence-corrected chi connectivity index (χ4v) is 5.13. The van der Waals surface area contributed by atoms with E-state index in [-0.39, 0.29) is 28.3 Å². The Bertz CT molecular complexity index is 1670. The van der Waals surface area contributed by atoms with Gasteiger partial charge in [-0.1, -0.05) is 24.3 Å². The van der Waals surface area contributed by atoms with Crippen molar-refractivity contribution in [1.29, 1.82) is 0 Å². The van der Waals surface area contributed by atoms with Gasteiger partial charge in [0.25, 0.3) is 21.8 Å². The number of carbonyl (C=O) groups excluding carboxylic acids is 3. The van der Waals surface area contributed by atoms with Crippen LogP contribution >= 0.6 is 0 Å². The van der Waals surface area contributed by atoms with Gasteiger partial charge < -0.3 is 14.8 Å². The molecule has 0 atom stereocenters. The molecule has 0 fully saturated rings. The van der Waals surface area contributed by atoms with E-state index in [1.54, 1.807) is 24.3 Å². The van der Waals surface area contributed by atoms with Crippen LogP contribution in [0.25, 0.3) is 10.8 Å². The summed E-state index contributed by atoms with van der Waals surface area (Å²) in [6, 6.07) is 16.8. The molecule has 13 heteroatoms. The van der Waals surface area contributed by atoms with E-state index in [2.05, 4.69) is 20.0 Å². The van der Waals surface area contributed by atoms with Crippen molar-refractivity contribution in [3.8, 4) is 11.9 Å². The second kappa shape index (κ2) is 10.0. The van der Waals surface area contributed by atoms with Crippen LogP contribution < -0.4 is 19.5 Å². The van der Waals surface area contributed by atoms with Gasteiger partial charge >= 0.3 is 6.01 Å². The van der Waals surface area contributed by atoms with Crippen LogP contribution in [0.2, 0.25) is 0 Å². The number of carbonyl (C=O) groups is 3. The van der Waals surface area contributed by atoms with Crippen LogP contribution in [0, 0.1) is 0 Å². The molecule has 12 nitrogen and oxygen atoms in total. The van der Waals surface area contributed by atoms with Gasteiger partial charge in [-0.15, -0.1) is 0 Å². The molecule has 198 valence electrons. The summed E-state index contributed by atoms with van der Waals surface area (Å²) in [4.78, 5) is 47.4. The average Bonchev–Trinajstić information content (AvgIpc) is 2.93. The van der Waals surface area contributed by atoms with Gasteiger partial charge in [0.05, 0.1) is 19.1 Å². The molecule has 0 saturated heterocycles. The van der Waals surface area contributed by atoms with E-state index in [1.165, 1.54) is 44.6 Å². The van der Waals surface area contributed by atoms with E-state index < -0.39 is 34.3 Å². The summed E-state index contributed by atoms with van der Waals surface area (Å²) in [5.41, 5.74) is 0.955. The van der Waals surface area contributed by atoms with Crippen LogP contribution in [0.1, 0.15) is 20.7 Å². The molecule has 1 aliphatic rings. The van der Waals surface area contributed by atoms with Gasteiger partial charge in [-0.05, 0) is 41.8 Å². The lowest BCUT2D eigenvalue weighted by Gasteiger charge is -2.26. The summed E-state index contributed by atoms with van der Waals surface area (Å²) in [5.74, 6) is -1.72. The van der Waals surface area contributed by atoms with Crippen molar-refractivity contribution in [2.75, 3.05) is 30.8 Å². The van der Waals surface area contributed by atoms with E-state index in [0.717, 1.165) is 10.3 Å². The Morgan fingerprint density at radius 1 is 0.897 bits per heavy atom. The van der Waals surface area contributed by atoms with Crippen molar-refractivity contribution >= 4 is 50.0 Å². The molecule has 1 aromatic heterocycles. The minimum atomic E-state index is -4.05. The Labute approximate surface area is 222 Å². The second-order valence-corrected chi connectivity index (χ2v) is 10.0.